The summed E-state index contributed by atoms with van der Waals surface area (Å²) in [4.78, 5) is 13.4. The van der Waals surface area contributed by atoms with E-state index >= 15 is 0 Å². The van der Waals surface area contributed by atoms with Crippen LogP contribution in [-0.4, -0.2) is 60.2 Å². The Labute approximate surface area is 202 Å². The number of ether oxygens (including phenoxy) is 1. The lowest BCUT2D eigenvalue weighted by atomic mass is 10.1. The highest BCUT2D eigenvalue weighted by Crippen LogP contribution is 2.33. The molecule has 9 heteroatoms. The molecule has 5 rings (SSSR count). The quantitative estimate of drug-likeness (QED) is 0.560. The van der Waals surface area contributed by atoms with E-state index < -0.39 is 0 Å². The van der Waals surface area contributed by atoms with Crippen molar-refractivity contribution in [2.24, 2.45) is 0 Å². The second-order valence-corrected chi connectivity index (χ2v) is 9.12. The van der Waals surface area contributed by atoms with Crippen LogP contribution in [0.25, 0.3) is 11.1 Å². The first-order chi connectivity index (χ1) is 16.1. The Kier molecular flexibility index (Phi) is 6.64. The van der Waals surface area contributed by atoms with Crippen LogP contribution in [0.15, 0.2) is 48.9 Å². The zero-order chi connectivity index (χ0) is 22.8. The highest BCUT2D eigenvalue weighted by atomic mass is 35.5. The second-order valence-electron chi connectivity index (χ2n) is 8.30. The number of benzene rings is 2. The van der Waals surface area contributed by atoms with Gasteiger partial charge in [0, 0.05) is 69.2 Å². The van der Waals surface area contributed by atoms with Crippen LogP contribution in [0.1, 0.15) is 5.56 Å². The molecule has 1 aromatic heterocycles. The Morgan fingerprint density at radius 3 is 2.45 bits per heavy atom. The minimum atomic E-state index is -0.259. The van der Waals surface area contributed by atoms with Gasteiger partial charge in [0.1, 0.15) is 29.8 Å². The summed E-state index contributed by atoms with van der Waals surface area (Å²) in [7, 11) is 0. The molecular formula is C24H24Cl2FN5O. The van der Waals surface area contributed by atoms with Gasteiger partial charge in [0.25, 0.3) is 0 Å². The van der Waals surface area contributed by atoms with Crippen LogP contribution in [0.3, 0.4) is 0 Å². The fourth-order valence-corrected chi connectivity index (χ4v) is 4.43. The van der Waals surface area contributed by atoms with Crippen molar-refractivity contribution >= 4 is 29.0 Å². The fraction of sp³-hybridized carbons (Fsp3) is 0.333. The number of rotatable bonds is 6. The SMILES string of the molecule is Fc1ccc(-c2cncnc2N2CCN(Cc3cc(Cl)c(Cl)cc3OC3CNC3)CC2)cc1. The Balaban J connectivity index is 1.28. The maximum Gasteiger partial charge on any atom is 0.139 e. The first kappa shape index (κ1) is 22.3. The van der Waals surface area contributed by atoms with E-state index in [4.69, 9.17) is 27.9 Å². The third-order valence-electron chi connectivity index (χ3n) is 6.05. The monoisotopic (exact) mass is 487 g/mol. The van der Waals surface area contributed by atoms with E-state index in [1.807, 2.05) is 12.1 Å². The zero-order valence-electron chi connectivity index (χ0n) is 18.0. The van der Waals surface area contributed by atoms with Gasteiger partial charge in [-0.25, -0.2) is 14.4 Å². The summed E-state index contributed by atoms with van der Waals surface area (Å²) >= 11 is 12.6. The van der Waals surface area contributed by atoms with E-state index in [-0.39, 0.29) is 11.9 Å². The molecule has 3 aromatic rings. The molecule has 2 saturated heterocycles. The van der Waals surface area contributed by atoms with E-state index in [0.717, 1.165) is 74.1 Å². The third-order valence-corrected chi connectivity index (χ3v) is 6.78. The van der Waals surface area contributed by atoms with Gasteiger partial charge in [-0.3, -0.25) is 4.90 Å². The van der Waals surface area contributed by atoms with Crippen LogP contribution in [0, 0.1) is 5.82 Å². The normalized spacial score (nSPS) is 17.1. The van der Waals surface area contributed by atoms with Crippen molar-refractivity contribution in [1.29, 1.82) is 0 Å². The van der Waals surface area contributed by atoms with E-state index in [2.05, 4.69) is 25.1 Å². The van der Waals surface area contributed by atoms with Crippen LogP contribution in [0.5, 0.6) is 5.75 Å². The smallest absolute Gasteiger partial charge is 0.139 e. The molecular weight excluding hydrogens is 464 g/mol. The first-order valence-corrected chi connectivity index (χ1v) is 11.7. The number of nitrogens with zero attached hydrogens (tertiary/aromatic N) is 4. The molecule has 0 aliphatic carbocycles. The second kappa shape index (κ2) is 9.81. The minimum Gasteiger partial charge on any atom is -0.487 e. The van der Waals surface area contributed by atoms with Gasteiger partial charge in [0.2, 0.25) is 0 Å². The highest BCUT2D eigenvalue weighted by Gasteiger charge is 2.24. The molecule has 0 bridgehead atoms. The maximum absolute atomic E-state index is 13.4. The maximum atomic E-state index is 13.4. The summed E-state index contributed by atoms with van der Waals surface area (Å²) in [5.74, 6) is 1.41. The fourth-order valence-electron chi connectivity index (χ4n) is 4.10. The molecule has 6 nitrogen and oxygen atoms in total. The number of anilines is 1. The molecule has 0 spiro atoms. The van der Waals surface area contributed by atoms with Crippen molar-refractivity contribution in [1.82, 2.24) is 20.2 Å². The first-order valence-electron chi connectivity index (χ1n) is 11.0. The topological polar surface area (TPSA) is 53.5 Å². The number of hydrogen-bond donors (Lipinski definition) is 1. The van der Waals surface area contributed by atoms with Crippen LogP contribution in [0.2, 0.25) is 10.0 Å². The average Bonchev–Trinajstić information content (AvgIpc) is 2.80. The molecule has 1 N–H and O–H groups in total. The lowest BCUT2D eigenvalue weighted by Gasteiger charge is -2.36. The van der Waals surface area contributed by atoms with Crippen molar-refractivity contribution < 1.29 is 9.13 Å². The van der Waals surface area contributed by atoms with Gasteiger partial charge in [-0.1, -0.05) is 35.3 Å². The van der Waals surface area contributed by atoms with Crippen molar-refractivity contribution in [2.75, 3.05) is 44.2 Å². The predicted molar refractivity (Wildman–Crippen MR) is 129 cm³/mol. The summed E-state index contributed by atoms with van der Waals surface area (Å²) < 4.78 is 19.5. The van der Waals surface area contributed by atoms with Crippen LogP contribution < -0.4 is 15.0 Å². The van der Waals surface area contributed by atoms with Crippen LogP contribution in [-0.2, 0) is 6.54 Å². The summed E-state index contributed by atoms with van der Waals surface area (Å²) in [6, 6.07) is 10.2. The number of piperazine rings is 1. The summed E-state index contributed by atoms with van der Waals surface area (Å²) in [6.45, 7) is 5.76. The molecule has 0 atom stereocenters. The van der Waals surface area contributed by atoms with Crippen LogP contribution in [0.4, 0.5) is 10.2 Å². The molecule has 2 fully saturated rings. The Morgan fingerprint density at radius 2 is 1.76 bits per heavy atom. The molecule has 0 radical (unpaired) electrons. The highest BCUT2D eigenvalue weighted by molar-refractivity contribution is 6.42. The largest absolute Gasteiger partial charge is 0.487 e. The lowest BCUT2D eigenvalue weighted by Crippen LogP contribution is -2.50. The Bertz CT molecular complexity index is 1120. The van der Waals surface area contributed by atoms with E-state index in [0.29, 0.717) is 10.0 Å². The zero-order valence-corrected chi connectivity index (χ0v) is 19.5. The number of aromatic nitrogens is 2. The molecule has 0 unspecified atom stereocenters. The lowest BCUT2D eigenvalue weighted by molar-refractivity contribution is 0.138. The van der Waals surface area contributed by atoms with Gasteiger partial charge in [0.05, 0.1) is 10.0 Å². The Morgan fingerprint density at radius 1 is 1.03 bits per heavy atom. The summed E-state index contributed by atoms with van der Waals surface area (Å²) in [5.41, 5.74) is 2.84. The van der Waals surface area contributed by atoms with Crippen molar-refractivity contribution in [3.05, 3.63) is 70.3 Å². The predicted octanol–water partition coefficient (Wildman–Crippen LogP) is 4.26. The van der Waals surface area contributed by atoms with Gasteiger partial charge in [0.15, 0.2) is 0 Å². The Hall–Kier alpha value is -2.45. The van der Waals surface area contributed by atoms with E-state index in [1.54, 1.807) is 24.7 Å². The summed E-state index contributed by atoms with van der Waals surface area (Å²) in [5, 5.41) is 4.26. The minimum absolute atomic E-state index is 0.167. The molecule has 172 valence electrons. The van der Waals surface area contributed by atoms with Gasteiger partial charge in [-0.2, -0.15) is 0 Å². The van der Waals surface area contributed by atoms with Crippen LogP contribution >= 0.6 is 23.2 Å². The molecule has 3 heterocycles. The van der Waals surface area contributed by atoms with E-state index in [9.17, 15) is 4.39 Å². The molecule has 2 aliphatic heterocycles. The number of nitrogens with one attached hydrogen (secondary N) is 1. The molecule has 2 aliphatic rings. The van der Waals surface area contributed by atoms with Crippen molar-refractivity contribution in [2.45, 2.75) is 12.6 Å². The molecule has 33 heavy (non-hydrogen) atoms. The standard InChI is InChI=1S/C24H24Cl2FN5O/c25-21-9-17(23(10-22(21)26)33-19-11-28-12-19)14-31-5-7-32(8-6-31)24-20(13-29-15-30-24)16-1-3-18(27)4-2-16/h1-4,9-10,13,15,19,28H,5-8,11-12,14H2. The molecule has 0 amide bonds. The van der Waals surface area contributed by atoms with Gasteiger partial charge >= 0.3 is 0 Å². The average molecular weight is 488 g/mol. The number of hydrogen-bond acceptors (Lipinski definition) is 6. The summed E-state index contributed by atoms with van der Waals surface area (Å²) in [6.07, 6.45) is 3.51. The van der Waals surface area contributed by atoms with Crippen molar-refractivity contribution in [3.63, 3.8) is 0 Å². The van der Waals surface area contributed by atoms with Gasteiger partial charge < -0.3 is 15.0 Å². The van der Waals surface area contributed by atoms with Crippen molar-refractivity contribution in [3.8, 4) is 16.9 Å². The molecule has 0 saturated carbocycles. The molecule has 2 aromatic carbocycles. The number of halogens is 3. The van der Waals surface area contributed by atoms with Gasteiger partial charge in [-0.05, 0) is 23.8 Å². The third kappa shape index (κ3) is 5.06. The van der Waals surface area contributed by atoms with E-state index in [1.165, 1.54) is 12.1 Å². The van der Waals surface area contributed by atoms with Gasteiger partial charge in [-0.15, -0.1) is 0 Å².